The van der Waals surface area contributed by atoms with E-state index in [-0.39, 0.29) is 38.5 Å². The van der Waals surface area contributed by atoms with Crippen LogP contribution in [0.2, 0.25) is 0 Å². The maximum absolute atomic E-state index is 13.1. The zero-order valence-corrected chi connectivity index (χ0v) is 16.1. The van der Waals surface area contributed by atoms with Gasteiger partial charge in [0.15, 0.2) is 0 Å². The van der Waals surface area contributed by atoms with E-state index in [1.807, 2.05) is 36.4 Å². The van der Waals surface area contributed by atoms with Crippen LogP contribution in [0.15, 0.2) is 53.0 Å². The molecule has 0 saturated carbocycles. The van der Waals surface area contributed by atoms with Crippen molar-refractivity contribution in [3.63, 3.8) is 0 Å². The first-order chi connectivity index (χ1) is 9.67. The second kappa shape index (κ2) is 12.0. The van der Waals surface area contributed by atoms with Crippen LogP contribution in [-0.2, 0) is 39.1 Å². The molecular formula is C16H14BrFN2Y-2. The molecule has 0 fully saturated rings. The summed E-state index contributed by atoms with van der Waals surface area (Å²) >= 11 is 3.07. The largest absolute Gasteiger partial charge is 0.650 e. The van der Waals surface area contributed by atoms with Crippen molar-refractivity contribution in [2.75, 3.05) is 7.05 Å². The van der Waals surface area contributed by atoms with Crippen molar-refractivity contribution in [3.8, 4) is 6.07 Å². The van der Waals surface area contributed by atoms with E-state index in [2.05, 4.69) is 27.3 Å². The molecule has 2 aromatic rings. The molecule has 0 aliphatic rings. The molecule has 0 bridgehead atoms. The van der Waals surface area contributed by atoms with Gasteiger partial charge in [-0.25, -0.2) is 4.39 Å². The number of likely N-dealkylation sites (N-methyl/N-ethyl adjacent to an activating group) is 1. The van der Waals surface area contributed by atoms with Crippen LogP contribution < -0.4 is 0 Å². The predicted molar refractivity (Wildman–Crippen MR) is 81.8 cm³/mol. The SMILES string of the molecule is C[N-]C(C#N)Cc1ccc(Br)c(F)c1.[Y].[c-]1ccccc1. The smallest absolute Gasteiger partial charge is 0.137 e. The number of nitrogens with zero attached hydrogens (tertiary/aromatic N) is 2. The molecule has 2 nitrogen and oxygen atoms in total. The van der Waals surface area contributed by atoms with Crippen molar-refractivity contribution in [3.05, 3.63) is 75.8 Å². The number of rotatable bonds is 3. The van der Waals surface area contributed by atoms with Gasteiger partial charge >= 0.3 is 0 Å². The molecule has 0 aliphatic heterocycles. The molecule has 0 heterocycles. The Kier molecular flexibility index (Phi) is 11.7. The van der Waals surface area contributed by atoms with Crippen molar-refractivity contribution in [1.82, 2.24) is 0 Å². The fraction of sp³-hybridized carbons (Fsp3) is 0.188. The summed E-state index contributed by atoms with van der Waals surface area (Å²) < 4.78 is 13.5. The molecule has 0 amide bonds. The summed E-state index contributed by atoms with van der Waals surface area (Å²) in [7, 11) is 1.59. The molecule has 107 valence electrons. The van der Waals surface area contributed by atoms with Crippen molar-refractivity contribution in [2.24, 2.45) is 0 Å². The van der Waals surface area contributed by atoms with Gasteiger partial charge in [0.1, 0.15) is 5.82 Å². The van der Waals surface area contributed by atoms with E-state index in [1.54, 1.807) is 19.2 Å². The molecule has 1 radical (unpaired) electrons. The Morgan fingerprint density at radius 3 is 2.38 bits per heavy atom. The first kappa shape index (κ1) is 20.4. The summed E-state index contributed by atoms with van der Waals surface area (Å²) in [6.07, 6.45) is 0.456. The number of nitriles is 1. The number of halogens is 2. The molecule has 2 rings (SSSR count). The molecule has 0 aromatic heterocycles. The van der Waals surface area contributed by atoms with Gasteiger partial charge in [-0.15, -0.1) is 0 Å². The van der Waals surface area contributed by atoms with Gasteiger partial charge in [-0.1, -0.05) is 6.07 Å². The Hall–Kier alpha value is -0.596. The molecule has 1 unspecified atom stereocenters. The summed E-state index contributed by atoms with van der Waals surface area (Å²) in [6.45, 7) is 0. The second-order valence-corrected chi connectivity index (χ2v) is 4.79. The Morgan fingerprint density at radius 1 is 1.33 bits per heavy atom. The molecule has 1 atom stereocenters. The Morgan fingerprint density at radius 2 is 2.00 bits per heavy atom. The monoisotopic (exact) mass is 421 g/mol. The maximum Gasteiger partial charge on any atom is 0.137 e. The normalized spacial score (nSPS) is 10.4. The molecule has 0 saturated heterocycles. The minimum Gasteiger partial charge on any atom is -0.650 e. The quantitative estimate of drug-likeness (QED) is 0.671. The van der Waals surface area contributed by atoms with Gasteiger partial charge in [0.05, 0.1) is 4.47 Å². The number of benzene rings is 2. The third-order valence-corrected chi connectivity index (χ3v) is 3.12. The topological polar surface area (TPSA) is 37.9 Å². The van der Waals surface area contributed by atoms with Crippen LogP contribution >= 0.6 is 15.9 Å². The predicted octanol–water partition coefficient (Wildman–Crippen LogP) is 4.51. The van der Waals surface area contributed by atoms with Crippen LogP contribution in [0.4, 0.5) is 4.39 Å². The third kappa shape index (κ3) is 8.43. The van der Waals surface area contributed by atoms with Crippen LogP contribution in [0.5, 0.6) is 0 Å². The molecule has 2 aromatic carbocycles. The maximum atomic E-state index is 13.1. The summed E-state index contributed by atoms with van der Waals surface area (Å²) in [4.78, 5) is 0. The summed E-state index contributed by atoms with van der Waals surface area (Å²) in [6, 6.07) is 19.0. The van der Waals surface area contributed by atoms with E-state index in [0.29, 0.717) is 10.9 Å². The Balaban J connectivity index is 0.000000480. The summed E-state index contributed by atoms with van der Waals surface area (Å²) in [5, 5.41) is 12.5. The van der Waals surface area contributed by atoms with Crippen LogP contribution in [0.1, 0.15) is 5.56 Å². The van der Waals surface area contributed by atoms with Gasteiger partial charge in [-0.3, -0.25) is 0 Å². The standard InChI is InChI=1S/C10H9BrFN2.C6H5.Y/c1-14-8(6-13)4-7-2-3-9(11)10(12)5-7;1-2-4-6-5-3-1;/h2-3,5,8H,4H2,1H3;1-5H;/q2*-1;. The molecule has 5 heteroatoms. The van der Waals surface area contributed by atoms with E-state index in [9.17, 15) is 4.39 Å². The van der Waals surface area contributed by atoms with Gasteiger partial charge in [-0.2, -0.15) is 48.7 Å². The molecule has 21 heavy (non-hydrogen) atoms. The van der Waals surface area contributed by atoms with E-state index in [1.165, 1.54) is 6.07 Å². The van der Waals surface area contributed by atoms with Crippen LogP contribution in [0, 0.1) is 23.2 Å². The fourth-order valence-electron chi connectivity index (χ4n) is 1.43. The molecule has 0 spiro atoms. The first-order valence-corrected chi connectivity index (χ1v) is 6.80. The minimum absolute atomic E-state index is 0. The van der Waals surface area contributed by atoms with E-state index < -0.39 is 6.04 Å². The van der Waals surface area contributed by atoms with Crippen LogP contribution in [0.25, 0.3) is 5.32 Å². The summed E-state index contributed by atoms with van der Waals surface area (Å²) in [5.41, 5.74) is 0.780. The van der Waals surface area contributed by atoms with Gasteiger partial charge in [-0.05, 0) is 46.1 Å². The van der Waals surface area contributed by atoms with Crippen molar-refractivity contribution in [1.29, 1.82) is 5.26 Å². The van der Waals surface area contributed by atoms with Crippen molar-refractivity contribution in [2.45, 2.75) is 12.5 Å². The van der Waals surface area contributed by atoms with Crippen LogP contribution in [-0.4, -0.2) is 13.1 Å². The van der Waals surface area contributed by atoms with Gasteiger partial charge in [0.25, 0.3) is 0 Å². The van der Waals surface area contributed by atoms with Gasteiger partial charge in [0.2, 0.25) is 0 Å². The Bertz CT molecular complexity index is 531. The fourth-order valence-corrected chi connectivity index (χ4v) is 1.67. The van der Waals surface area contributed by atoms with E-state index in [4.69, 9.17) is 5.26 Å². The Labute approximate surface area is 158 Å². The van der Waals surface area contributed by atoms with Crippen LogP contribution in [0.3, 0.4) is 0 Å². The van der Waals surface area contributed by atoms with Crippen molar-refractivity contribution >= 4 is 15.9 Å². The van der Waals surface area contributed by atoms with Crippen molar-refractivity contribution < 1.29 is 37.1 Å². The second-order valence-electron chi connectivity index (χ2n) is 3.93. The number of hydrogen-bond donors (Lipinski definition) is 0. The van der Waals surface area contributed by atoms with Gasteiger partial charge in [0, 0.05) is 38.8 Å². The van der Waals surface area contributed by atoms with E-state index >= 15 is 0 Å². The molecule has 0 aliphatic carbocycles. The van der Waals surface area contributed by atoms with Gasteiger partial charge < -0.3 is 5.32 Å². The van der Waals surface area contributed by atoms with E-state index in [0.717, 1.165) is 5.56 Å². The average Bonchev–Trinajstić information content (AvgIpc) is 2.51. The molecule has 0 N–H and O–H groups in total. The number of hydrogen-bond acceptors (Lipinski definition) is 1. The minimum atomic E-state index is -0.393. The average molecular weight is 422 g/mol. The third-order valence-electron chi connectivity index (χ3n) is 2.48. The first-order valence-electron chi connectivity index (χ1n) is 6.01. The molecular weight excluding hydrogens is 408 g/mol. The zero-order valence-electron chi connectivity index (χ0n) is 11.6. The summed E-state index contributed by atoms with van der Waals surface area (Å²) in [5.74, 6) is -0.310. The zero-order chi connectivity index (χ0) is 14.8.